The van der Waals surface area contributed by atoms with Crippen LogP contribution >= 0.6 is 11.8 Å². The first kappa shape index (κ1) is 37.1. The summed E-state index contributed by atoms with van der Waals surface area (Å²) in [6.45, 7) is 3.66. The van der Waals surface area contributed by atoms with Gasteiger partial charge in [-0.3, -0.25) is 9.69 Å². The van der Waals surface area contributed by atoms with Crippen LogP contribution in [0.3, 0.4) is 0 Å². The first-order valence-corrected chi connectivity index (χ1v) is 21.0. The number of carbonyl (C=O) groups excluding carboxylic acids is 2. The monoisotopic (exact) mass is 756 g/mol. The first-order valence-electron chi connectivity index (χ1n) is 18.5. The number of fused-ring (bicyclic) bond motifs is 4. The van der Waals surface area contributed by atoms with E-state index in [4.69, 9.17) is 9.47 Å². The lowest BCUT2D eigenvalue weighted by atomic mass is 9.88. The number of halogens is 1. The van der Waals surface area contributed by atoms with E-state index in [1.54, 1.807) is 6.07 Å². The fourth-order valence-electron chi connectivity index (χ4n) is 7.91. The highest BCUT2D eigenvalue weighted by atomic mass is 32.2. The number of unbranched alkanes of at least 4 members (excludes halogenated alkanes) is 1. The molecular weight excluding hydrogens is 708 g/mol. The lowest BCUT2D eigenvalue weighted by Gasteiger charge is -2.41. The Hall–Kier alpha value is -3.21. The molecule has 4 aliphatic rings. The van der Waals surface area contributed by atoms with Crippen molar-refractivity contribution in [3.8, 4) is 0 Å². The molecule has 2 aromatic carbocycles. The van der Waals surface area contributed by atoms with Gasteiger partial charge in [-0.15, -0.1) is 0 Å². The molecule has 1 aliphatic carbocycles. The number of hydrogen-bond donors (Lipinski definition) is 5. The second-order valence-corrected chi connectivity index (χ2v) is 17.3. The molecule has 5 N–H and O–H groups in total. The molecule has 0 radical (unpaired) electrons. The van der Waals surface area contributed by atoms with Crippen LogP contribution in [-0.2, 0) is 30.7 Å². The normalized spacial score (nSPS) is 24.4. The second kappa shape index (κ2) is 16.4. The number of rotatable bonds is 18. The zero-order valence-electron chi connectivity index (χ0n) is 29.5. The van der Waals surface area contributed by atoms with Gasteiger partial charge < -0.3 is 30.4 Å². The molecule has 282 valence electrons. The molecule has 0 spiro atoms. The van der Waals surface area contributed by atoms with Crippen molar-refractivity contribution in [1.82, 2.24) is 30.6 Å². The van der Waals surface area contributed by atoms with Crippen molar-refractivity contribution in [2.45, 2.75) is 92.2 Å². The van der Waals surface area contributed by atoms with Crippen LogP contribution in [0.2, 0.25) is 0 Å². The Bertz CT molecular complexity index is 1850. The van der Waals surface area contributed by atoms with Crippen molar-refractivity contribution in [3.63, 3.8) is 0 Å². The Morgan fingerprint density at radius 1 is 1.04 bits per heavy atom. The third kappa shape index (κ3) is 8.44. The molecule has 2 saturated heterocycles. The van der Waals surface area contributed by atoms with Crippen LogP contribution in [0.15, 0.2) is 47.4 Å². The van der Waals surface area contributed by atoms with Gasteiger partial charge in [-0.05, 0) is 62.8 Å². The topological polar surface area (TPSA) is 154 Å². The number of nitrogens with zero attached hydrogens (tertiary/aromatic N) is 1. The van der Waals surface area contributed by atoms with E-state index in [1.807, 2.05) is 30.0 Å². The van der Waals surface area contributed by atoms with Crippen LogP contribution in [0.4, 0.5) is 9.18 Å². The summed E-state index contributed by atoms with van der Waals surface area (Å²) in [6, 6.07) is 13.0. The van der Waals surface area contributed by atoms with Crippen LogP contribution in [0.25, 0.3) is 10.9 Å². The average Bonchev–Trinajstić information content (AvgIpc) is 3.65. The average molecular weight is 757 g/mol. The van der Waals surface area contributed by atoms with Crippen LogP contribution < -0.4 is 20.7 Å². The summed E-state index contributed by atoms with van der Waals surface area (Å²) in [5, 5.41) is 10.4. The highest BCUT2D eigenvalue weighted by molar-refractivity contribution is 8.00. The molecule has 12 nitrogen and oxygen atoms in total. The highest BCUT2D eigenvalue weighted by Crippen LogP contribution is 2.46. The molecule has 5 atom stereocenters. The molecule has 15 heteroatoms. The Kier molecular flexibility index (Phi) is 11.7. The molecule has 3 fully saturated rings. The summed E-state index contributed by atoms with van der Waals surface area (Å²) in [5.41, 5.74) is 3.69. The first-order chi connectivity index (χ1) is 25.2. The smallest absolute Gasteiger partial charge is 0.315 e. The molecule has 3 amide bonds. The molecule has 1 saturated carbocycles. The van der Waals surface area contributed by atoms with Gasteiger partial charge in [0.1, 0.15) is 5.82 Å². The maximum Gasteiger partial charge on any atom is 0.315 e. The van der Waals surface area contributed by atoms with E-state index < -0.39 is 15.8 Å². The number of hydrogen-bond acceptors (Lipinski definition) is 8. The van der Waals surface area contributed by atoms with E-state index >= 15 is 4.39 Å². The van der Waals surface area contributed by atoms with E-state index in [1.165, 1.54) is 11.6 Å². The number of aromatic amines is 1. The van der Waals surface area contributed by atoms with E-state index in [-0.39, 0.29) is 60.8 Å². The Balaban J connectivity index is 0.791. The van der Waals surface area contributed by atoms with Gasteiger partial charge in [-0.1, -0.05) is 30.7 Å². The molecular formula is C37H49FN6O6S2. The van der Waals surface area contributed by atoms with Crippen molar-refractivity contribution in [2.75, 3.05) is 45.3 Å². The van der Waals surface area contributed by atoms with Crippen LogP contribution in [0.5, 0.6) is 0 Å². The number of aromatic nitrogens is 1. The zero-order chi connectivity index (χ0) is 36.2. The summed E-state index contributed by atoms with van der Waals surface area (Å²) in [7, 11) is -3.95. The summed E-state index contributed by atoms with van der Waals surface area (Å²) in [6.07, 6.45) is 6.19. The molecule has 1 unspecified atom stereocenters. The fourth-order valence-corrected chi connectivity index (χ4v) is 10.5. The summed E-state index contributed by atoms with van der Waals surface area (Å²) in [5.74, 6) is 0.378. The maximum absolute atomic E-state index is 15.9. The minimum atomic E-state index is -3.95. The molecule has 3 aromatic rings. The van der Waals surface area contributed by atoms with Gasteiger partial charge in [0.2, 0.25) is 15.9 Å². The number of carbonyl (C=O) groups is 2. The van der Waals surface area contributed by atoms with Crippen LogP contribution in [-0.4, -0.2) is 105 Å². The van der Waals surface area contributed by atoms with Gasteiger partial charge in [0.05, 0.1) is 49.4 Å². The number of H-pyrrole nitrogens is 1. The number of para-hydroxylation sites is 1. The third-order valence-electron chi connectivity index (χ3n) is 10.5. The largest absolute Gasteiger partial charge is 0.378 e. The van der Waals surface area contributed by atoms with Crippen molar-refractivity contribution in [2.24, 2.45) is 0 Å². The standard InChI is InChI=1S/C37H49FN6O6S2/c1-23-20-28-26-6-2-3-7-30(26)41-34(28)36(44(23)24-10-11-24)27-13-12-25(21-29(27)38)52(47,48)40-15-17-50-19-18-49-16-14-39-33(45)9-5-4-8-32-35-31(22-51-32)42-37(46)43-35/h2-3,6-7,12-13,21,23-24,31-32,35-36,40-41H,4-5,8-11,14-20,22H2,1H3,(H,39,45)(H2,42,43,46)/t23?,31-,32-,35-,36-/m0/s1. The molecule has 3 aliphatic heterocycles. The number of urea groups is 1. The highest BCUT2D eigenvalue weighted by Gasteiger charge is 2.44. The summed E-state index contributed by atoms with van der Waals surface area (Å²) >= 11 is 1.88. The second-order valence-electron chi connectivity index (χ2n) is 14.2. The predicted molar refractivity (Wildman–Crippen MR) is 198 cm³/mol. The minimum Gasteiger partial charge on any atom is -0.378 e. The van der Waals surface area contributed by atoms with Gasteiger partial charge >= 0.3 is 6.03 Å². The minimum absolute atomic E-state index is 0.0124. The SMILES string of the molecule is CC1Cc2c([nH]c3ccccc23)[C@H](c2ccc(S(=O)(=O)NCCOCCOCCNC(=O)CCCC[C@@H]3SC[C@@H]4NC(=O)N[C@@H]43)cc2F)N1C1CC1. The van der Waals surface area contributed by atoms with Gasteiger partial charge in [0.25, 0.3) is 0 Å². The predicted octanol–water partition coefficient (Wildman–Crippen LogP) is 3.96. The third-order valence-corrected chi connectivity index (χ3v) is 13.5. The fraction of sp³-hybridized carbons (Fsp3) is 0.568. The van der Waals surface area contributed by atoms with Crippen molar-refractivity contribution >= 4 is 44.6 Å². The van der Waals surface area contributed by atoms with Crippen molar-refractivity contribution in [3.05, 3.63) is 65.1 Å². The van der Waals surface area contributed by atoms with E-state index in [9.17, 15) is 18.0 Å². The van der Waals surface area contributed by atoms with Gasteiger partial charge in [-0.2, -0.15) is 11.8 Å². The van der Waals surface area contributed by atoms with E-state index in [0.29, 0.717) is 43.0 Å². The maximum atomic E-state index is 15.9. The van der Waals surface area contributed by atoms with Crippen LogP contribution in [0.1, 0.15) is 68.3 Å². The van der Waals surface area contributed by atoms with Gasteiger partial charge in [0, 0.05) is 64.8 Å². The Labute approximate surface area is 308 Å². The number of thioether (sulfide) groups is 1. The number of benzene rings is 2. The summed E-state index contributed by atoms with van der Waals surface area (Å²) in [4.78, 5) is 29.5. The molecule has 1 aromatic heterocycles. The van der Waals surface area contributed by atoms with Crippen LogP contribution in [0, 0.1) is 5.82 Å². The number of amides is 3. The molecule has 4 heterocycles. The Morgan fingerprint density at radius 3 is 2.62 bits per heavy atom. The number of ether oxygens (including phenoxy) is 2. The lowest BCUT2D eigenvalue weighted by molar-refractivity contribution is -0.121. The molecule has 0 bridgehead atoms. The zero-order valence-corrected chi connectivity index (χ0v) is 31.1. The summed E-state index contributed by atoms with van der Waals surface area (Å²) < 4.78 is 55.6. The molecule has 7 rings (SSSR count). The van der Waals surface area contributed by atoms with Crippen molar-refractivity contribution in [1.29, 1.82) is 0 Å². The van der Waals surface area contributed by atoms with E-state index in [0.717, 1.165) is 66.9 Å². The van der Waals surface area contributed by atoms with Crippen molar-refractivity contribution < 1.29 is 31.9 Å². The quantitative estimate of drug-likeness (QED) is 0.0967. The Morgan fingerprint density at radius 2 is 1.83 bits per heavy atom. The molecule has 52 heavy (non-hydrogen) atoms. The van der Waals surface area contributed by atoms with E-state index in [2.05, 4.69) is 43.5 Å². The van der Waals surface area contributed by atoms with Gasteiger partial charge in [0.15, 0.2) is 0 Å². The van der Waals surface area contributed by atoms with Gasteiger partial charge in [-0.25, -0.2) is 22.3 Å². The number of nitrogens with one attached hydrogen (secondary N) is 5. The number of sulfonamides is 1. The lowest BCUT2D eigenvalue weighted by Crippen LogP contribution is -2.44.